The molecule has 3 aromatic heterocycles. The molecule has 0 saturated heterocycles. The van der Waals surface area contributed by atoms with Gasteiger partial charge in [-0.15, -0.1) is 11.3 Å². The molecule has 3 aromatic rings. The standard InChI is InChI=1S/C27H36N6O4S2/c1-13-19(25-32-21-18(38-25)10-11-28-20(21)14-8-9-14)24(33-26(29-13)30-15-6-5-7-15)31-17-12-16(22(34)23(17)35)27(2,3)39(4,36)37/h10-11,14-17,22-23,34-35H,5-9,12H2,1-4H3,(H2,29,30,31,33)/t16-,17+,22+,23-/m0/s1. The molecule has 0 amide bonds. The fourth-order valence-corrected chi connectivity index (χ4v) is 7.54. The second-order valence-corrected chi connectivity index (χ2v) is 15.5. The topological polar surface area (TPSA) is 150 Å². The number of aliphatic hydroxyl groups excluding tert-OH is 2. The summed E-state index contributed by atoms with van der Waals surface area (Å²) in [6.07, 6.45) is 6.49. The molecule has 12 heteroatoms. The Balaban J connectivity index is 1.39. The highest BCUT2D eigenvalue weighted by molar-refractivity contribution is 7.92. The molecule has 3 fully saturated rings. The molecule has 3 heterocycles. The first kappa shape index (κ1) is 26.8. The van der Waals surface area contributed by atoms with Gasteiger partial charge in [-0.2, -0.15) is 4.98 Å². The van der Waals surface area contributed by atoms with Crippen molar-refractivity contribution < 1.29 is 18.6 Å². The van der Waals surface area contributed by atoms with Gasteiger partial charge >= 0.3 is 0 Å². The molecule has 4 N–H and O–H groups in total. The molecular formula is C27H36N6O4S2. The lowest BCUT2D eigenvalue weighted by Gasteiger charge is -2.32. The third kappa shape index (κ3) is 4.79. The Bertz CT molecular complexity index is 1520. The smallest absolute Gasteiger partial charge is 0.225 e. The molecular weight excluding hydrogens is 536 g/mol. The Morgan fingerprint density at radius 1 is 1.05 bits per heavy atom. The number of fused-ring (bicyclic) bond motifs is 1. The van der Waals surface area contributed by atoms with Crippen molar-refractivity contribution in [2.24, 2.45) is 5.92 Å². The summed E-state index contributed by atoms with van der Waals surface area (Å²) in [5.74, 6) is 0.829. The molecule has 4 atom stereocenters. The summed E-state index contributed by atoms with van der Waals surface area (Å²) in [7, 11) is -3.48. The Morgan fingerprint density at radius 2 is 1.79 bits per heavy atom. The number of nitrogens with zero attached hydrogens (tertiary/aromatic N) is 4. The van der Waals surface area contributed by atoms with E-state index in [0.717, 1.165) is 57.9 Å². The van der Waals surface area contributed by atoms with E-state index in [1.54, 1.807) is 25.2 Å². The number of aryl methyl sites for hydroxylation is 1. The fourth-order valence-electron chi connectivity index (χ4n) is 5.69. The van der Waals surface area contributed by atoms with Crippen LogP contribution in [0.1, 0.15) is 69.7 Å². The number of nitrogens with one attached hydrogen (secondary N) is 2. The molecule has 0 spiro atoms. The van der Waals surface area contributed by atoms with Crippen molar-refractivity contribution in [3.63, 3.8) is 0 Å². The van der Waals surface area contributed by atoms with E-state index in [1.165, 1.54) is 12.7 Å². The first-order chi connectivity index (χ1) is 18.4. The average molecular weight is 573 g/mol. The average Bonchev–Trinajstić information content (AvgIpc) is 3.53. The molecule has 3 saturated carbocycles. The van der Waals surface area contributed by atoms with Gasteiger partial charge in [-0.1, -0.05) is 0 Å². The van der Waals surface area contributed by atoms with Crippen LogP contribution in [0.3, 0.4) is 0 Å². The summed E-state index contributed by atoms with van der Waals surface area (Å²) >= 11 is 1.56. The van der Waals surface area contributed by atoms with E-state index in [1.807, 2.05) is 19.2 Å². The monoisotopic (exact) mass is 572 g/mol. The van der Waals surface area contributed by atoms with Gasteiger partial charge in [0.2, 0.25) is 5.95 Å². The van der Waals surface area contributed by atoms with E-state index in [0.29, 0.717) is 23.7 Å². The van der Waals surface area contributed by atoms with Gasteiger partial charge in [0.05, 0.1) is 38.5 Å². The van der Waals surface area contributed by atoms with Crippen molar-refractivity contribution in [1.82, 2.24) is 19.9 Å². The lowest BCUT2D eigenvalue weighted by molar-refractivity contribution is 0.0106. The van der Waals surface area contributed by atoms with E-state index in [-0.39, 0.29) is 6.42 Å². The van der Waals surface area contributed by atoms with Crippen LogP contribution in [0.5, 0.6) is 0 Å². The molecule has 210 valence electrons. The van der Waals surface area contributed by atoms with Crippen LogP contribution in [0.2, 0.25) is 0 Å². The maximum Gasteiger partial charge on any atom is 0.225 e. The predicted molar refractivity (Wildman–Crippen MR) is 153 cm³/mol. The minimum Gasteiger partial charge on any atom is -0.390 e. The normalized spacial score (nSPS) is 26.1. The molecule has 0 radical (unpaired) electrons. The molecule has 0 aromatic carbocycles. The molecule has 3 aliphatic carbocycles. The number of hydrogen-bond donors (Lipinski definition) is 4. The van der Waals surface area contributed by atoms with Crippen LogP contribution in [-0.2, 0) is 9.84 Å². The zero-order valence-corrected chi connectivity index (χ0v) is 24.3. The second kappa shape index (κ2) is 9.60. The van der Waals surface area contributed by atoms with Crippen LogP contribution in [0, 0.1) is 12.8 Å². The van der Waals surface area contributed by atoms with Gasteiger partial charge in [0.15, 0.2) is 9.84 Å². The van der Waals surface area contributed by atoms with Crippen LogP contribution in [0.25, 0.3) is 20.8 Å². The number of aromatic nitrogens is 4. The summed E-state index contributed by atoms with van der Waals surface area (Å²) in [6.45, 7) is 5.15. The van der Waals surface area contributed by atoms with Crippen LogP contribution < -0.4 is 10.6 Å². The van der Waals surface area contributed by atoms with Crippen LogP contribution in [0.4, 0.5) is 11.8 Å². The SMILES string of the molecule is Cc1nc(NC2CCC2)nc(N[C@@H]2C[C@H](C(C)(C)S(C)(=O)=O)[C@@H](O)[C@H]2O)c1-c1nc2c(C3CC3)nccc2s1. The quantitative estimate of drug-likeness (QED) is 0.315. The predicted octanol–water partition coefficient (Wildman–Crippen LogP) is 3.64. The van der Waals surface area contributed by atoms with Crippen molar-refractivity contribution in [3.05, 3.63) is 23.7 Å². The van der Waals surface area contributed by atoms with Crippen LogP contribution in [-0.4, -0.2) is 73.9 Å². The Labute approximate surface area is 232 Å². The molecule has 0 aliphatic heterocycles. The molecule has 0 unspecified atom stereocenters. The first-order valence-corrected chi connectivity index (χ1v) is 16.4. The van der Waals surface area contributed by atoms with Gasteiger partial charge in [0.25, 0.3) is 0 Å². The third-order valence-electron chi connectivity index (χ3n) is 8.89. The lowest BCUT2D eigenvalue weighted by atomic mass is 9.91. The van der Waals surface area contributed by atoms with E-state index >= 15 is 0 Å². The van der Waals surface area contributed by atoms with E-state index < -0.39 is 38.8 Å². The third-order valence-corrected chi connectivity index (χ3v) is 12.1. The number of pyridine rings is 1. The number of aliphatic hydroxyl groups is 2. The van der Waals surface area contributed by atoms with E-state index in [2.05, 4.69) is 15.6 Å². The maximum atomic E-state index is 12.5. The largest absolute Gasteiger partial charge is 0.390 e. The molecule has 10 nitrogen and oxygen atoms in total. The number of sulfone groups is 1. The first-order valence-electron chi connectivity index (χ1n) is 13.7. The van der Waals surface area contributed by atoms with Gasteiger partial charge in [-0.05, 0) is 65.4 Å². The number of rotatable bonds is 8. The zero-order chi connectivity index (χ0) is 27.7. The zero-order valence-electron chi connectivity index (χ0n) is 22.7. The maximum absolute atomic E-state index is 12.5. The Kier molecular flexibility index (Phi) is 6.60. The van der Waals surface area contributed by atoms with Gasteiger partial charge < -0.3 is 20.8 Å². The highest BCUT2D eigenvalue weighted by Gasteiger charge is 2.52. The van der Waals surface area contributed by atoms with Crippen molar-refractivity contribution in [1.29, 1.82) is 0 Å². The number of anilines is 2. The van der Waals surface area contributed by atoms with Crippen molar-refractivity contribution in [2.45, 2.75) is 94.3 Å². The van der Waals surface area contributed by atoms with Gasteiger partial charge in [-0.3, -0.25) is 4.98 Å². The molecule has 0 bridgehead atoms. The van der Waals surface area contributed by atoms with E-state index in [9.17, 15) is 18.6 Å². The summed E-state index contributed by atoms with van der Waals surface area (Å²) in [5.41, 5.74) is 3.43. The summed E-state index contributed by atoms with van der Waals surface area (Å²) in [6, 6.07) is 1.71. The molecule has 6 rings (SSSR count). The summed E-state index contributed by atoms with van der Waals surface area (Å²) < 4.78 is 24.9. The van der Waals surface area contributed by atoms with Gasteiger partial charge in [0, 0.05) is 30.3 Å². The van der Waals surface area contributed by atoms with Crippen molar-refractivity contribution >= 4 is 43.2 Å². The van der Waals surface area contributed by atoms with E-state index in [4.69, 9.17) is 15.0 Å². The van der Waals surface area contributed by atoms with Gasteiger partial charge in [0.1, 0.15) is 22.4 Å². The summed E-state index contributed by atoms with van der Waals surface area (Å²) in [4.78, 5) is 19.2. The molecule has 3 aliphatic rings. The van der Waals surface area contributed by atoms with Crippen LogP contribution in [0.15, 0.2) is 12.3 Å². The Morgan fingerprint density at radius 3 is 2.44 bits per heavy atom. The second-order valence-electron chi connectivity index (χ2n) is 11.9. The van der Waals surface area contributed by atoms with Crippen molar-refractivity contribution in [3.8, 4) is 10.6 Å². The fraction of sp³-hybridized carbons (Fsp3) is 0.630. The van der Waals surface area contributed by atoms with Gasteiger partial charge in [-0.25, -0.2) is 18.4 Å². The Hall–Kier alpha value is -2.41. The number of hydrogen-bond acceptors (Lipinski definition) is 11. The highest BCUT2D eigenvalue weighted by atomic mass is 32.2. The minimum absolute atomic E-state index is 0.270. The van der Waals surface area contributed by atoms with Crippen molar-refractivity contribution in [2.75, 3.05) is 16.9 Å². The molecule has 39 heavy (non-hydrogen) atoms. The minimum atomic E-state index is -3.48. The highest BCUT2D eigenvalue weighted by Crippen LogP contribution is 2.45. The summed E-state index contributed by atoms with van der Waals surface area (Å²) in [5, 5.41) is 29.5. The lowest BCUT2D eigenvalue weighted by Crippen LogP contribution is -2.45. The number of thiazole rings is 1. The van der Waals surface area contributed by atoms with Crippen LogP contribution >= 0.6 is 11.3 Å².